The molecule has 1 heterocycles. The standard InChI is InChI=1S/C13H13N3O2/c14-13(11-5-7-15-8-6-11)9-10-1-3-12(4-2-10)16(17)18/h1-8,13H,9,14H2. The molecule has 0 aliphatic carbocycles. The Hall–Kier alpha value is -2.27. The maximum Gasteiger partial charge on any atom is 0.269 e. The number of nitrogens with two attached hydrogens (primary N) is 1. The Morgan fingerprint density at radius 1 is 1.17 bits per heavy atom. The fourth-order valence-electron chi connectivity index (χ4n) is 1.74. The molecule has 0 saturated carbocycles. The molecular formula is C13H13N3O2. The van der Waals surface area contributed by atoms with Crippen molar-refractivity contribution in [1.29, 1.82) is 0 Å². The van der Waals surface area contributed by atoms with Gasteiger partial charge in [-0.2, -0.15) is 0 Å². The topological polar surface area (TPSA) is 82.0 Å². The lowest BCUT2D eigenvalue weighted by Crippen LogP contribution is -2.13. The van der Waals surface area contributed by atoms with Crippen molar-refractivity contribution in [2.45, 2.75) is 12.5 Å². The van der Waals surface area contributed by atoms with Gasteiger partial charge in [0.1, 0.15) is 0 Å². The minimum absolute atomic E-state index is 0.0937. The second-order valence-electron chi connectivity index (χ2n) is 4.01. The van der Waals surface area contributed by atoms with Gasteiger partial charge in [-0.25, -0.2) is 0 Å². The minimum Gasteiger partial charge on any atom is -0.324 e. The highest BCUT2D eigenvalue weighted by Crippen LogP contribution is 2.18. The summed E-state index contributed by atoms with van der Waals surface area (Å²) in [6.45, 7) is 0. The van der Waals surface area contributed by atoms with Crippen molar-refractivity contribution in [3.8, 4) is 0 Å². The number of aromatic nitrogens is 1. The molecule has 2 rings (SSSR count). The molecule has 5 nitrogen and oxygen atoms in total. The molecule has 0 radical (unpaired) electrons. The van der Waals surface area contributed by atoms with Gasteiger partial charge in [-0.3, -0.25) is 15.1 Å². The first-order chi connectivity index (χ1) is 8.66. The van der Waals surface area contributed by atoms with Crippen molar-refractivity contribution >= 4 is 5.69 Å². The predicted molar refractivity (Wildman–Crippen MR) is 68.0 cm³/mol. The van der Waals surface area contributed by atoms with Gasteiger partial charge >= 0.3 is 0 Å². The van der Waals surface area contributed by atoms with Gasteiger partial charge in [0.25, 0.3) is 5.69 Å². The zero-order valence-corrected chi connectivity index (χ0v) is 9.69. The van der Waals surface area contributed by atoms with Crippen LogP contribution in [0.25, 0.3) is 0 Å². The van der Waals surface area contributed by atoms with Gasteiger partial charge in [0.15, 0.2) is 0 Å². The highest BCUT2D eigenvalue weighted by molar-refractivity contribution is 5.33. The number of benzene rings is 1. The van der Waals surface area contributed by atoms with Gasteiger partial charge in [0.05, 0.1) is 4.92 Å². The molecule has 92 valence electrons. The second kappa shape index (κ2) is 5.37. The first-order valence-corrected chi connectivity index (χ1v) is 5.55. The molecule has 0 aliphatic rings. The van der Waals surface area contributed by atoms with E-state index in [4.69, 9.17) is 5.73 Å². The van der Waals surface area contributed by atoms with Crippen LogP contribution < -0.4 is 5.73 Å². The number of hydrogen-bond acceptors (Lipinski definition) is 4. The van der Waals surface area contributed by atoms with E-state index in [9.17, 15) is 10.1 Å². The molecule has 5 heteroatoms. The third-order valence-electron chi connectivity index (χ3n) is 2.74. The SMILES string of the molecule is NC(Cc1ccc([N+](=O)[O-])cc1)c1ccncc1. The number of nitro benzene ring substituents is 1. The van der Waals surface area contributed by atoms with Gasteiger partial charge in [0, 0.05) is 30.6 Å². The van der Waals surface area contributed by atoms with Crippen LogP contribution in [-0.2, 0) is 6.42 Å². The van der Waals surface area contributed by atoms with Crippen LogP contribution >= 0.6 is 0 Å². The maximum atomic E-state index is 10.5. The van der Waals surface area contributed by atoms with E-state index >= 15 is 0 Å². The molecule has 1 atom stereocenters. The third kappa shape index (κ3) is 2.89. The Labute approximate surface area is 104 Å². The maximum absolute atomic E-state index is 10.5. The van der Waals surface area contributed by atoms with Crippen LogP contribution in [0.2, 0.25) is 0 Å². The summed E-state index contributed by atoms with van der Waals surface area (Å²) in [4.78, 5) is 14.1. The van der Waals surface area contributed by atoms with Gasteiger partial charge in [-0.1, -0.05) is 12.1 Å². The van der Waals surface area contributed by atoms with E-state index in [1.54, 1.807) is 24.5 Å². The third-order valence-corrected chi connectivity index (χ3v) is 2.74. The summed E-state index contributed by atoms with van der Waals surface area (Å²) >= 11 is 0. The number of pyridine rings is 1. The molecule has 1 unspecified atom stereocenters. The Bertz CT molecular complexity index is 526. The molecular weight excluding hydrogens is 230 g/mol. The minimum atomic E-state index is -0.410. The van der Waals surface area contributed by atoms with Crippen LogP contribution in [0, 0.1) is 10.1 Å². The lowest BCUT2D eigenvalue weighted by molar-refractivity contribution is -0.384. The molecule has 18 heavy (non-hydrogen) atoms. The molecule has 0 fully saturated rings. The fourth-order valence-corrected chi connectivity index (χ4v) is 1.74. The van der Waals surface area contributed by atoms with Crippen molar-refractivity contribution in [3.05, 3.63) is 70.0 Å². The van der Waals surface area contributed by atoms with Crippen LogP contribution in [0.1, 0.15) is 17.2 Å². The van der Waals surface area contributed by atoms with Crippen LogP contribution in [0.3, 0.4) is 0 Å². The highest BCUT2D eigenvalue weighted by Gasteiger charge is 2.08. The molecule has 0 bridgehead atoms. The van der Waals surface area contributed by atoms with Crippen molar-refractivity contribution in [2.24, 2.45) is 5.73 Å². The predicted octanol–water partition coefficient (Wildman–Crippen LogP) is 2.23. The number of hydrogen-bond donors (Lipinski definition) is 1. The fraction of sp³-hybridized carbons (Fsp3) is 0.154. The van der Waals surface area contributed by atoms with E-state index in [0.29, 0.717) is 6.42 Å². The van der Waals surface area contributed by atoms with Gasteiger partial charge < -0.3 is 5.73 Å². The van der Waals surface area contributed by atoms with E-state index in [1.165, 1.54) is 12.1 Å². The van der Waals surface area contributed by atoms with E-state index in [-0.39, 0.29) is 11.7 Å². The van der Waals surface area contributed by atoms with Crippen molar-refractivity contribution < 1.29 is 4.92 Å². The molecule has 2 N–H and O–H groups in total. The summed E-state index contributed by atoms with van der Waals surface area (Å²) in [5.41, 5.74) is 8.14. The zero-order chi connectivity index (χ0) is 13.0. The summed E-state index contributed by atoms with van der Waals surface area (Å²) in [5.74, 6) is 0. The summed E-state index contributed by atoms with van der Waals surface area (Å²) < 4.78 is 0. The summed E-state index contributed by atoms with van der Waals surface area (Å²) in [5, 5.41) is 10.5. The molecule has 2 aromatic rings. The molecule has 1 aromatic carbocycles. The number of rotatable bonds is 4. The monoisotopic (exact) mass is 243 g/mol. The molecule has 0 spiro atoms. The quantitative estimate of drug-likeness (QED) is 0.659. The molecule has 0 saturated heterocycles. The molecule has 1 aromatic heterocycles. The average molecular weight is 243 g/mol. The van der Waals surface area contributed by atoms with Crippen molar-refractivity contribution in [1.82, 2.24) is 4.98 Å². The first kappa shape index (κ1) is 12.2. The Morgan fingerprint density at radius 3 is 2.33 bits per heavy atom. The van der Waals surface area contributed by atoms with E-state index in [0.717, 1.165) is 11.1 Å². The van der Waals surface area contributed by atoms with Crippen LogP contribution in [0.15, 0.2) is 48.8 Å². The lowest BCUT2D eigenvalue weighted by atomic mass is 10.0. The van der Waals surface area contributed by atoms with E-state index < -0.39 is 4.92 Å². The normalized spacial score (nSPS) is 12.1. The smallest absolute Gasteiger partial charge is 0.269 e. The molecule has 0 amide bonds. The zero-order valence-electron chi connectivity index (χ0n) is 9.69. The number of nitrogens with zero attached hydrogens (tertiary/aromatic N) is 2. The average Bonchev–Trinajstić information content (AvgIpc) is 2.40. The second-order valence-corrected chi connectivity index (χ2v) is 4.01. The van der Waals surface area contributed by atoms with E-state index in [1.807, 2.05) is 12.1 Å². The lowest BCUT2D eigenvalue weighted by Gasteiger charge is -2.11. The largest absolute Gasteiger partial charge is 0.324 e. The van der Waals surface area contributed by atoms with Gasteiger partial charge in [-0.15, -0.1) is 0 Å². The first-order valence-electron chi connectivity index (χ1n) is 5.55. The summed E-state index contributed by atoms with van der Waals surface area (Å²) in [6.07, 6.45) is 4.04. The van der Waals surface area contributed by atoms with Crippen LogP contribution in [0.5, 0.6) is 0 Å². The number of non-ortho nitro benzene ring substituents is 1. The Kier molecular flexibility index (Phi) is 3.64. The Morgan fingerprint density at radius 2 is 1.78 bits per heavy atom. The van der Waals surface area contributed by atoms with Crippen LogP contribution in [-0.4, -0.2) is 9.91 Å². The highest BCUT2D eigenvalue weighted by atomic mass is 16.6. The number of nitro groups is 1. The summed E-state index contributed by atoms with van der Waals surface area (Å²) in [6, 6.07) is 10.1. The summed E-state index contributed by atoms with van der Waals surface area (Å²) in [7, 11) is 0. The van der Waals surface area contributed by atoms with E-state index in [2.05, 4.69) is 4.98 Å². The van der Waals surface area contributed by atoms with Crippen molar-refractivity contribution in [2.75, 3.05) is 0 Å². The van der Waals surface area contributed by atoms with Gasteiger partial charge in [0.2, 0.25) is 0 Å². The van der Waals surface area contributed by atoms with Gasteiger partial charge in [-0.05, 0) is 29.7 Å². The molecule has 0 aliphatic heterocycles. The van der Waals surface area contributed by atoms with Crippen molar-refractivity contribution in [3.63, 3.8) is 0 Å². The van der Waals surface area contributed by atoms with Crippen LogP contribution in [0.4, 0.5) is 5.69 Å². The Balaban J connectivity index is 2.08.